The van der Waals surface area contributed by atoms with E-state index >= 15 is 0 Å². The predicted octanol–water partition coefficient (Wildman–Crippen LogP) is 1.82. The number of fused-ring (bicyclic) bond motifs is 1. The van der Waals surface area contributed by atoms with E-state index in [4.69, 9.17) is 0 Å². The van der Waals surface area contributed by atoms with Gasteiger partial charge in [-0.05, 0) is 55.4 Å². The summed E-state index contributed by atoms with van der Waals surface area (Å²) in [6.45, 7) is 0. The van der Waals surface area contributed by atoms with Gasteiger partial charge in [0.1, 0.15) is 0 Å². The maximum Gasteiger partial charge on any atom is 0.248 e. The molecule has 0 spiro atoms. The molecule has 0 heterocycles. The van der Waals surface area contributed by atoms with Crippen molar-refractivity contribution in [3.05, 3.63) is 29.3 Å². The Labute approximate surface area is 122 Å². The fourth-order valence-corrected chi connectivity index (χ4v) is 3.16. The van der Waals surface area contributed by atoms with Gasteiger partial charge in [-0.1, -0.05) is 6.07 Å². The smallest absolute Gasteiger partial charge is 0.248 e. The molecule has 0 aromatic heterocycles. The minimum absolute atomic E-state index is 0.0686. The van der Waals surface area contributed by atoms with Gasteiger partial charge < -0.3 is 0 Å². The second-order valence-corrected chi connectivity index (χ2v) is 6.43. The highest BCUT2D eigenvalue weighted by Gasteiger charge is 2.29. The van der Waals surface area contributed by atoms with Gasteiger partial charge in [0.15, 0.2) is 0 Å². The lowest BCUT2D eigenvalue weighted by molar-refractivity contribution is -0.128. The Bertz CT molecular complexity index is 541. The van der Waals surface area contributed by atoms with E-state index in [1.54, 1.807) is 0 Å². The van der Waals surface area contributed by atoms with Crippen LogP contribution in [0, 0.1) is 5.92 Å². The van der Waals surface area contributed by atoms with Gasteiger partial charge >= 0.3 is 0 Å². The van der Waals surface area contributed by atoms with Crippen molar-refractivity contribution in [2.24, 2.45) is 5.92 Å². The fraction of sp³-hybridized carbons (Fsp3) is 0.467. The molecule has 1 fully saturated rings. The van der Waals surface area contributed by atoms with Crippen LogP contribution < -0.4 is 10.9 Å². The number of thioether (sulfide) groups is 1. The minimum Gasteiger partial charge on any atom is -0.273 e. The largest absolute Gasteiger partial charge is 0.273 e. The van der Waals surface area contributed by atoms with Gasteiger partial charge in [0.05, 0.1) is 5.75 Å². The Hall–Kier alpha value is -1.49. The summed E-state index contributed by atoms with van der Waals surface area (Å²) < 4.78 is 0. The summed E-state index contributed by atoms with van der Waals surface area (Å²) in [5.74, 6) is 0.203. The van der Waals surface area contributed by atoms with Gasteiger partial charge in [0.2, 0.25) is 11.8 Å². The molecule has 0 bridgehead atoms. The summed E-state index contributed by atoms with van der Waals surface area (Å²) in [6, 6.07) is 6.42. The zero-order valence-corrected chi connectivity index (χ0v) is 12.1. The normalized spacial score (nSPS) is 16.6. The summed E-state index contributed by atoms with van der Waals surface area (Å²) in [5.41, 5.74) is 7.79. The topological polar surface area (TPSA) is 58.2 Å². The molecule has 2 aliphatic rings. The summed E-state index contributed by atoms with van der Waals surface area (Å²) in [6.07, 6.45) is 5.43. The van der Waals surface area contributed by atoms with Gasteiger partial charge in [-0.25, -0.2) is 0 Å². The minimum atomic E-state index is -0.163. The molecule has 5 heteroatoms. The van der Waals surface area contributed by atoms with Crippen molar-refractivity contribution in [3.63, 3.8) is 0 Å². The molecular weight excluding hydrogens is 272 g/mol. The number of aryl methyl sites for hydroxylation is 2. The van der Waals surface area contributed by atoms with Gasteiger partial charge in [-0.2, -0.15) is 0 Å². The summed E-state index contributed by atoms with van der Waals surface area (Å²) in [7, 11) is 0. The highest BCUT2D eigenvalue weighted by molar-refractivity contribution is 8.00. The maximum absolute atomic E-state index is 11.7. The van der Waals surface area contributed by atoms with E-state index in [0.29, 0.717) is 5.75 Å². The van der Waals surface area contributed by atoms with Crippen LogP contribution in [0.15, 0.2) is 23.1 Å². The highest BCUT2D eigenvalue weighted by atomic mass is 32.2. The molecule has 0 atom stereocenters. The molecule has 1 aromatic carbocycles. The monoisotopic (exact) mass is 290 g/mol. The summed E-state index contributed by atoms with van der Waals surface area (Å²) in [4.78, 5) is 24.1. The van der Waals surface area contributed by atoms with Crippen molar-refractivity contribution in [1.29, 1.82) is 0 Å². The molecule has 3 rings (SSSR count). The van der Waals surface area contributed by atoms with E-state index in [0.717, 1.165) is 24.2 Å². The van der Waals surface area contributed by atoms with E-state index in [-0.39, 0.29) is 17.7 Å². The lowest BCUT2D eigenvalue weighted by atomic mass is 10.1. The third kappa shape index (κ3) is 3.33. The third-order valence-corrected chi connectivity index (χ3v) is 4.71. The second kappa shape index (κ2) is 5.87. The standard InChI is InChI=1S/C15H18N2O2S/c18-14(16-17-15(19)11-4-5-11)9-20-13-7-6-10-2-1-3-12(10)8-13/h6-8,11H,1-5,9H2,(H,16,18)(H,17,19). The van der Waals surface area contributed by atoms with Crippen molar-refractivity contribution < 1.29 is 9.59 Å². The van der Waals surface area contributed by atoms with E-state index in [2.05, 4.69) is 29.1 Å². The number of hydrogen-bond acceptors (Lipinski definition) is 3. The first-order valence-corrected chi connectivity index (χ1v) is 8.04. The van der Waals surface area contributed by atoms with Crippen LogP contribution in [0.1, 0.15) is 30.4 Å². The number of amides is 2. The van der Waals surface area contributed by atoms with Crippen LogP contribution >= 0.6 is 11.8 Å². The molecule has 20 heavy (non-hydrogen) atoms. The van der Waals surface area contributed by atoms with Gasteiger partial charge in [0.25, 0.3) is 0 Å². The Kier molecular flexibility index (Phi) is 3.96. The molecule has 0 saturated heterocycles. The Morgan fingerprint density at radius 1 is 1.15 bits per heavy atom. The Morgan fingerprint density at radius 2 is 1.95 bits per heavy atom. The van der Waals surface area contributed by atoms with Crippen LogP contribution in [0.4, 0.5) is 0 Å². The number of rotatable bonds is 4. The average molecular weight is 290 g/mol. The maximum atomic E-state index is 11.7. The Morgan fingerprint density at radius 3 is 2.75 bits per heavy atom. The summed E-state index contributed by atoms with van der Waals surface area (Å²) >= 11 is 1.51. The Balaban J connectivity index is 1.44. The molecule has 4 nitrogen and oxygen atoms in total. The average Bonchev–Trinajstić information content (AvgIpc) is 3.20. The first-order valence-electron chi connectivity index (χ1n) is 7.05. The van der Waals surface area contributed by atoms with Crippen LogP contribution in [-0.2, 0) is 22.4 Å². The van der Waals surface area contributed by atoms with E-state index < -0.39 is 0 Å². The molecule has 1 aromatic rings. The highest BCUT2D eigenvalue weighted by Crippen LogP contribution is 2.28. The van der Waals surface area contributed by atoms with Crippen molar-refractivity contribution in [3.8, 4) is 0 Å². The van der Waals surface area contributed by atoms with Crippen molar-refractivity contribution >= 4 is 23.6 Å². The molecule has 0 aliphatic heterocycles. The molecule has 2 amide bonds. The summed E-state index contributed by atoms with van der Waals surface area (Å²) in [5, 5.41) is 0. The van der Waals surface area contributed by atoms with Gasteiger partial charge in [-0.3, -0.25) is 20.4 Å². The van der Waals surface area contributed by atoms with Crippen molar-refractivity contribution in [2.75, 3.05) is 5.75 Å². The van der Waals surface area contributed by atoms with Crippen LogP contribution in [0.25, 0.3) is 0 Å². The number of hydrazine groups is 1. The van der Waals surface area contributed by atoms with Crippen LogP contribution in [0.2, 0.25) is 0 Å². The number of carbonyl (C=O) groups excluding carboxylic acids is 2. The number of carbonyl (C=O) groups is 2. The zero-order valence-electron chi connectivity index (χ0n) is 11.3. The number of hydrogen-bond donors (Lipinski definition) is 2. The SMILES string of the molecule is O=C(CSc1ccc2c(c1)CCC2)NNC(=O)C1CC1. The molecular formula is C15H18N2O2S. The first-order chi connectivity index (χ1) is 9.72. The second-order valence-electron chi connectivity index (χ2n) is 5.38. The van der Waals surface area contributed by atoms with Crippen LogP contribution in [0.5, 0.6) is 0 Å². The number of nitrogens with one attached hydrogen (secondary N) is 2. The quantitative estimate of drug-likeness (QED) is 0.657. The van der Waals surface area contributed by atoms with E-state index in [1.807, 2.05) is 0 Å². The van der Waals surface area contributed by atoms with E-state index in [9.17, 15) is 9.59 Å². The van der Waals surface area contributed by atoms with Crippen LogP contribution in [0.3, 0.4) is 0 Å². The lowest BCUT2D eigenvalue weighted by Crippen LogP contribution is -2.43. The molecule has 106 valence electrons. The fourth-order valence-electron chi connectivity index (χ4n) is 2.40. The van der Waals surface area contributed by atoms with Crippen molar-refractivity contribution in [2.45, 2.75) is 37.0 Å². The molecule has 0 radical (unpaired) electrons. The zero-order chi connectivity index (χ0) is 13.9. The lowest BCUT2D eigenvalue weighted by Gasteiger charge is -2.07. The van der Waals surface area contributed by atoms with Crippen molar-refractivity contribution in [1.82, 2.24) is 10.9 Å². The molecule has 2 N–H and O–H groups in total. The van der Waals surface area contributed by atoms with Gasteiger partial charge in [0, 0.05) is 10.8 Å². The number of benzene rings is 1. The molecule has 0 unspecified atom stereocenters. The van der Waals surface area contributed by atoms with E-state index in [1.165, 1.54) is 35.7 Å². The van der Waals surface area contributed by atoms with Gasteiger partial charge in [-0.15, -0.1) is 11.8 Å². The first kappa shape index (κ1) is 13.5. The third-order valence-electron chi connectivity index (χ3n) is 3.71. The van der Waals surface area contributed by atoms with Crippen LogP contribution in [-0.4, -0.2) is 17.6 Å². The predicted molar refractivity (Wildman–Crippen MR) is 78.2 cm³/mol. The molecule has 2 aliphatic carbocycles. The molecule has 1 saturated carbocycles.